The standard InChI is InChI=1S/C27H37N5O4/c1-20-29-25(36-30-20)22-9-6-15-32(22)24(33)19-31-16-12-27(13-17-31)11-5-4-8-21-7-2-3-10-23(21)35-18-14-28-26(27)34/h2-3,7,10,22H,4-6,8-9,11-19H2,1H3,(H,28,34). The minimum absolute atomic E-state index is 0.100. The van der Waals surface area contributed by atoms with E-state index in [1.54, 1.807) is 6.92 Å². The van der Waals surface area contributed by atoms with Crippen molar-refractivity contribution in [3.05, 3.63) is 41.5 Å². The Hall–Kier alpha value is -2.94. The van der Waals surface area contributed by atoms with E-state index < -0.39 is 0 Å². The molecular weight excluding hydrogens is 458 g/mol. The van der Waals surface area contributed by atoms with Crippen LogP contribution in [0.5, 0.6) is 5.75 Å². The SMILES string of the molecule is Cc1noc(C2CCCN2C(=O)CN2CCC3(CCCCc4ccccc4OCCNC3=O)CC2)n1. The van der Waals surface area contributed by atoms with Crippen LogP contribution in [0.25, 0.3) is 0 Å². The minimum Gasteiger partial charge on any atom is -0.491 e. The molecule has 2 fully saturated rings. The van der Waals surface area contributed by atoms with Gasteiger partial charge in [0.05, 0.1) is 18.5 Å². The molecule has 1 aromatic heterocycles. The number of piperidine rings is 1. The van der Waals surface area contributed by atoms with Crippen LogP contribution in [0, 0.1) is 12.3 Å². The highest BCUT2D eigenvalue weighted by atomic mass is 16.5. The van der Waals surface area contributed by atoms with Crippen LogP contribution in [0.3, 0.4) is 0 Å². The molecule has 1 aromatic carbocycles. The van der Waals surface area contributed by atoms with Crippen molar-refractivity contribution in [2.24, 2.45) is 5.41 Å². The summed E-state index contributed by atoms with van der Waals surface area (Å²) in [5.41, 5.74) is 0.873. The number of rotatable bonds is 3. The van der Waals surface area contributed by atoms with Crippen molar-refractivity contribution in [2.45, 2.75) is 64.3 Å². The van der Waals surface area contributed by atoms with Gasteiger partial charge in [-0.25, -0.2) is 0 Å². The Labute approximate surface area is 212 Å². The Morgan fingerprint density at radius 1 is 1.14 bits per heavy atom. The number of amides is 2. The molecule has 9 heteroatoms. The number of para-hydroxylation sites is 1. The third-order valence-electron chi connectivity index (χ3n) is 8.02. The lowest BCUT2D eigenvalue weighted by atomic mass is 9.73. The van der Waals surface area contributed by atoms with Gasteiger partial charge in [-0.05, 0) is 76.6 Å². The van der Waals surface area contributed by atoms with E-state index in [2.05, 4.69) is 32.5 Å². The van der Waals surface area contributed by atoms with E-state index in [9.17, 15) is 9.59 Å². The molecule has 4 heterocycles. The smallest absolute Gasteiger partial charge is 0.249 e. The normalized spacial score (nSPS) is 23.3. The average Bonchev–Trinajstić information content (AvgIpc) is 3.54. The van der Waals surface area contributed by atoms with Gasteiger partial charge in [-0.15, -0.1) is 0 Å². The van der Waals surface area contributed by atoms with Crippen molar-refractivity contribution in [3.63, 3.8) is 0 Å². The zero-order valence-corrected chi connectivity index (χ0v) is 21.2. The second-order valence-corrected chi connectivity index (χ2v) is 10.4. The highest BCUT2D eigenvalue weighted by Gasteiger charge is 2.42. The first-order valence-corrected chi connectivity index (χ1v) is 13.4. The van der Waals surface area contributed by atoms with Gasteiger partial charge in [0.25, 0.3) is 0 Å². The molecule has 5 rings (SSSR count). The van der Waals surface area contributed by atoms with Crippen LogP contribution in [0.15, 0.2) is 28.8 Å². The van der Waals surface area contributed by atoms with Crippen molar-refractivity contribution in [1.29, 1.82) is 0 Å². The number of carbonyl (C=O) groups is 2. The Morgan fingerprint density at radius 2 is 1.97 bits per heavy atom. The highest BCUT2D eigenvalue weighted by molar-refractivity contribution is 5.83. The number of hydrogen-bond acceptors (Lipinski definition) is 7. The average molecular weight is 496 g/mol. The molecule has 0 saturated carbocycles. The number of ether oxygens (including phenoxy) is 1. The number of benzene rings is 1. The molecule has 2 amide bonds. The summed E-state index contributed by atoms with van der Waals surface area (Å²) in [5, 5.41) is 7.03. The summed E-state index contributed by atoms with van der Waals surface area (Å²) in [6.45, 7) is 5.34. The number of hydrogen-bond donors (Lipinski definition) is 1. The van der Waals surface area contributed by atoms with Crippen molar-refractivity contribution in [1.82, 2.24) is 25.3 Å². The topological polar surface area (TPSA) is 101 Å². The van der Waals surface area contributed by atoms with E-state index in [1.807, 2.05) is 17.0 Å². The van der Waals surface area contributed by atoms with Crippen LogP contribution in [0.4, 0.5) is 0 Å². The lowest BCUT2D eigenvalue weighted by Crippen LogP contribution is -2.51. The summed E-state index contributed by atoms with van der Waals surface area (Å²) < 4.78 is 11.3. The number of fused-ring (bicyclic) bond motifs is 1. The molecule has 36 heavy (non-hydrogen) atoms. The molecule has 2 aromatic rings. The molecule has 0 bridgehead atoms. The van der Waals surface area contributed by atoms with Gasteiger partial charge in [0.2, 0.25) is 17.7 Å². The van der Waals surface area contributed by atoms with Gasteiger partial charge in [-0.3, -0.25) is 14.5 Å². The lowest BCUT2D eigenvalue weighted by molar-refractivity contribution is -0.137. The van der Waals surface area contributed by atoms with E-state index in [0.29, 0.717) is 31.4 Å². The predicted molar refractivity (Wildman–Crippen MR) is 133 cm³/mol. The number of carbonyl (C=O) groups excluding carboxylic acids is 2. The number of aryl methyl sites for hydroxylation is 2. The highest BCUT2D eigenvalue weighted by Crippen LogP contribution is 2.38. The summed E-state index contributed by atoms with van der Waals surface area (Å²) >= 11 is 0. The first-order chi connectivity index (χ1) is 17.5. The third kappa shape index (κ3) is 5.40. The molecule has 1 atom stereocenters. The molecule has 1 unspecified atom stereocenters. The van der Waals surface area contributed by atoms with Gasteiger partial charge in [-0.1, -0.05) is 29.8 Å². The van der Waals surface area contributed by atoms with E-state index in [0.717, 1.165) is 76.8 Å². The van der Waals surface area contributed by atoms with Crippen LogP contribution < -0.4 is 10.1 Å². The molecule has 3 aliphatic heterocycles. The summed E-state index contributed by atoms with van der Waals surface area (Å²) in [5.74, 6) is 2.29. The van der Waals surface area contributed by atoms with E-state index in [-0.39, 0.29) is 23.3 Å². The number of nitrogens with one attached hydrogen (secondary N) is 1. The van der Waals surface area contributed by atoms with Crippen LogP contribution in [0.1, 0.15) is 68.3 Å². The minimum atomic E-state index is -0.365. The quantitative estimate of drug-likeness (QED) is 0.698. The Morgan fingerprint density at radius 3 is 2.78 bits per heavy atom. The predicted octanol–water partition coefficient (Wildman–Crippen LogP) is 3.05. The second kappa shape index (κ2) is 11.0. The van der Waals surface area contributed by atoms with Gasteiger partial charge in [0.1, 0.15) is 18.4 Å². The molecule has 1 N–H and O–H groups in total. The van der Waals surface area contributed by atoms with E-state index in [4.69, 9.17) is 9.26 Å². The summed E-state index contributed by atoms with van der Waals surface area (Å²) in [7, 11) is 0. The van der Waals surface area contributed by atoms with Crippen LogP contribution in [-0.4, -0.2) is 71.1 Å². The van der Waals surface area contributed by atoms with E-state index >= 15 is 0 Å². The first-order valence-electron chi connectivity index (χ1n) is 13.4. The maximum atomic E-state index is 13.3. The molecular formula is C27H37N5O4. The lowest BCUT2D eigenvalue weighted by Gasteiger charge is -2.41. The number of aromatic nitrogens is 2. The molecule has 194 valence electrons. The molecule has 2 saturated heterocycles. The van der Waals surface area contributed by atoms with Gasteiger partial charge in [0.15, 0.2) is 5.82 Å². The van der Waals surface area contributed by atoms with Crippen LogP contribution in [0.2, 0.25) is 0 Å². The number of nitrogens with zero attached hydrogens (tertiary/aromatic N) is 4. The van der Waals surface area contributed by atoms with Gasteiger partial charge in [-0.2, -0.15) is 4.98 Å². The monoisotopic (exact) mass is 495 g/mol. The fourth-order valence-electron chi connectivity index (χ4n) is 5.93. The largest absolute Gasteiger partial charge is 0.491 e. The molecule has 0 radical (unpaired) electrons. The maximum Gasteiger partial charge on any atom is 0.249 e. The van der Waals surface area contributed by atoms with Crippen molar-refractivity contribution in [2.75, 3.05) is 39.3 Å². The molecule has 3 aliphatic rings. The van der Waals surface area contributed by atoms with Gasteiger partial charge < -0.3 is 19.5 Å². The second-order valence-electron chi connectivity index (χ2n) is 10.4. The fraction of sp³-hybridized carbons (Fsp3) is 0.630. The Kier molecular flexibility index (Phi) is 7.55. The van der Waals surface area contributed by atoms with Crippen molar-refractivity contribution in [3.8, 4) is 5.75 Å². The summed E-state index contributed by atoms with van der Waals surface area (Å²) in [6, 6.07) is 8.07. The van der Waals surface area contributed by atoms with E-state index in [1.165, 1.54) is 5.56 Å². The zero-order valence-electron chi connectivity index (χ0n) is 21.2. The third-order valence-corrected chi connectivity index (χ3v) is 8.02. The Bertz CT molecular complexity index is 1060. The van der Waals surface area contributed by atoms with Crippen LogP contribution in [-0.2, 0) is 16.0 Å². The summed E-state index contributed by atoms with van der Waals surface area (Å²) in [6.07, 6.45) is 7.22. The fourth-order valence-corrected chi connectivity index (χ4v) is 5.93. The van der Waals surface area contributed by atoms with Crippen molar-refractivity contribution < 1.29 is 18.8 Å². The number of likely N-dealkylation sites (tertiary alicyclic amines) is 2. The van der Waals surface area contributed by atoms with Gasteiger partial charge >= 0.3 is 0 Å². The molecule has 1 spiro atoms. The molecule has 9 nitrogen and oxygen atoms in total. The zero-order chi connectivity index (χ0) is 25.0. The summed E-state index contributed by atoms with van der Waals surface area (Å²) in [4.78, 5) is 34.9. The first kappa shape index (κ1) is 24.7. The van der Waals surface area contributed by atoms with Gasteiger partial charge in [0, 0.05) is 6.54 Å². The Balaban J connectivity index is 1.17. The maximum absolute atomic E-state index is 13.3. The van der Waals surface area contributed by atoms with Crippen molar-refractivity contribution >= 4 is 11.8 Å². The van der Waals surface area contributed by atoms with Crippen LogP contribution >= 0.6 is 0 Å². The molecule has 0 aliphatic carbocycles.